The standard InChI is InChI=1S/C28H31BrN6O3/c1-18-14-19(6-7-21(18)29)32-28-33-22-16-26(25(37-3)17-24(22)34(28)2)38-20-8-9-30-23(15-20)27(36)31-10-13-35-11-4-5-12-35/h6-9,14-17H,4-5,10-13H2,1-3H3,(H,31,36)(H,32,33). The van der Waals surface area contributed by atoms with Gasteiger partial charge in [-0.2, -0.15) is 0 Å². The van der Waals surface area contributed by atoms with Gasteiger partial charge in [0.25, 0.3) is 5.91 Å². The first-order valence-corrected chi connectivity index (χ1v) is 13.4. The van der Waals surface area contributed by atoms with Crippen molar-refractivity contribution in [1.29, 1.82) is 0 Å². The second-order valence-electron chi connectivity index (χ2n) is 9.36. The van der Waals surface area contributed by atoms with Crippen LogP contribution in [0.4, 0.5) is 11.6 Å². The normalized spacial score (nSPS) is 13.6. The SMILES string of the molecule is COc1cc2c(cc1Oc1ccnc(C(=O)NCCN3CCCC3)c1)nc(Nc1ccc(Br)c(C)c1)n2C. The Morgan fingerprint density at radius 3 is 2.68 bits per heavy atom. The van der Waals surface area contributed by atoms with Crippen molar-refractivity contribution in [2.75, 3.05) is 38.6 Å². The summed E-state index contributed by atoms with van der Waals surface area (Å²) in [7, 11) is 3.54. The number of benzene rings is 2. The van der Waals surface area contributed by atoms with Gasteiger partial charge in [-0.15, -0.1) is 0 Å². The van der Waals surface area contributed by atoms with Crippen LogP contribution < -0.4 is 20.1 Å². The number of aromatic nitrogens is 3. The van der Waals surface area contributed by atoms with Crippen LogP contribution >= 0.6 is 15.9 Å². The van der Waals surface area contributed by atoms with Crippen molar-refractivity contribution < 1.29 is 14.3 Å². The fourth-order valence-corrected chi connectivity index (χ4v) is 4.80. The molecule has 0 unspecified atom stereocenters. The number of anilines is 2. The van der Waals surface area contributed by atoms with E-state index in [2.05, 4.69) is 42.5 Å². The van der Waals surface area contributed by atoms with Gasteiger partial charge in [0, 0.05) is 54.7 Å². The van der Waals surface area contributed by atoms with Gasteiger partial charge < -0.3 is 29.6 Å². The van der Waals surface area contributed by atoms with Crippen LogP contribution in [0.1, 0.15) is 28.9 Å². The number of ether oxygens (including phenoxy) is 2. The highest BCUT2D eigenvalue weighted by Crippen LogP contribution is 2.36. The molecule has 4 aromatic rings. The number of methoxy groups -OCH3 is 1. The molecule has 1 aliphatic rings. The Morgan fingerprint density at radius 1 is 1.11 bits per heavy atom. The number of hydrogen-bond donors (Lipinski definition) is 2. The largest absolute Gasteiger partial charge is 0.493 e. The Bertz CT molecular complexity index is 1460. The third-order valence-electron chi connectivity index (χ3n) is 6.68. The van der Waals surface area contributed by atoms with E-state index in [0.717, 1.165) is 46.4 Å². The minimum Gasteiger partial charge on any atom is -0.493 e. The molecular formula is C28H31BrN6O3. The molecule has 1 saturated heterocycles. The van der Waals surface area contributed by atoms with E-state index in [1.165, 1.54) is 12.8 Å². The molecule has 198 valence electrons. The first-order valence-electron chi connectivity index (χ1n) is 12.6. The van der Waals surface area contributed by atoms with Gasteiger partial charge in [-0.25, -0.2) is 4.98 Å². The zero-order valence-corrected chi connectivity index (χ0v) is 23.3. The molecule has 2 aromatic carbocycles. The molecule has 2 N–H and O–H groups in total. The number of pyridine rings is 1. The minimum absolute atomic E-state index is 0.222. The number of imidazole rings is 1. The molecule has 38 heavy (non-hydrogen) atoms. The van der Waals surface area contributed by atoms with E-state index in [0.29, 0.717) is 35.4 Å². The monoisotopic (exact) mass is 578 g/mol. The average molecular weight is 579 g/mol. The van der Waals surface area contributed by atoms with Crippen molar-refractivity contribution in [3.63, 3.8) is 0 Å². The molecule has 0 spiro atoms. The summed E-state index contributed by atoms with van der Waals surface area (Å²) in [5.74, 6) is 2.01. The van der Waals surface area contributed by atoms with E-state index < -0.39 is 0 Å². The molecule has 5 rings (SSSR count). The lowest BCUT2D eigenvalue weighted by Gasteiger charge is -2.14. The van der Waals surface area contributed by atoms with Crippen LogP contribution in [-0.4, -0.2) is 58.6 Å². The summed E-state index contributed by atoms with van der Waals surface area (Å²) >= 11 is 3.54. The van der Waals surface area contributed by atoms with E-state index in [9.17, 15) is 4.79 Å². The molecule has 0 aliphatic carbocycles. The van der Waals surface area contributed by atoms with Crippen molar-refractivity contribution in [2.24, 2.45) is 7.05 Å². The third-order valence-corrected chi connectivity index (χ3v) is 7.57. The minimum atomic E-state index is -0.222. The highest BCUT2D eigenvalue weighted by Gasteiger charge is 2.17. The Hall–Kier alpha value is -3.63. The van der Waals surface area contributed by atoms with Crippen molar-refractivity contribution in [2.45, 2.75) is 19.8 Å². The van der Waals surface area contributed by atoms with Gasteiger partial charge in [0.05, 0.1) is 18.1 Å². The number of carbonyl (C=O) groups excluding carboxylic acids is 1. The van der Waals surface area contributed by atoms with Crippen LogP contribution in [0.2, 0.25) is 0 Å². The number of aryl methyl sites for hydroxylation is 2. The number of fused-ring (bicyclic) bond motifs is 1. The predicted octanol–water partition coefficient (Wildman–Crippen LogP) is 5.41. The highest BCUT2D eigenvalue weighted by atomic mass is 79.9. The quantitative estimate of drug-likeness (QED) is 0.274. The molecule has 1 aliphatic heterocycles. The maximum atomic E-state index is 12.7. The number of likely N-dealkylation sites (tertiary alicyclic amines) is 1. The molecule has 0 radical (unpaired) electrons. The fourth-order valence-electron chi connectivity index (χ4n) is 4.55. The summed E-state index contributed by atoms with van der Waals surface area (Å²) in [6, 6.07) is 13.1. The maximum absolute atomic E-state index is 12.7. The molecular weight excluding hydrogens is 548 g/mol. The molecule has 0 bridgehead atoms. The number of halogens is 1. The molecule has 0 saturated carbocycles. The van der Waals surface area contributed by atoms with E-state index in [1.54, 1.807) is 25.4 Å². The van der Waals surface area contributed by atoms with Crippen molar-refractivity contribution in [1.82, 2.24) is 24.8 Å². The van der Waals surface area contributed by atoms with Gasteiger partial charge in [0.1, 0.15) is 11.4 Å². The number of amides is 1. The molecule has 0 atom stereocenters. The highest BCUT2D eigenvalue weighted by molar-refractivity contribution is 9.10. The smallest absolute Gasteiger partial charge is 0.270 e. The summed E-state index contributed by atoms with van der Waals surface area (Å²) in [6.45, 7) is 5.68. The lowest BCUT2D eigenvalue weighted by molar-refractivity contribution is 0.0944. The molecule has 10 heteroatoms. The zero-order chi connectivity index (χ0) is 26.6. The van der Waals surface area contributed by atoms with E-state index in [1.807, 2.05) is 42.8 Å². The van der Waals surface area contributed by atoms with Crippen LogP contribution in [0.15, 0.2) is 53.1 Å². The molecule has 1 fully saturated rings. The summed E-state index contributed by atoms with van der Waals surface area (Å²) in [4.78, 5) is 24.0. The number of nitrogens with one attached hydrogen (secondary N) is 2. The van der Waals surface area contributed by atoms with E-state index >= 15 is 0 Å². The van der Waals surface area contributed by atoms with Gasteiger partial charge in [0.15, 0.2) is 11.5 Å². The Morgan fingerprint density at radius 2 is 1.92 bits per heavy atom. The molecule has 2 aromatic heterocycles. The summed E-state index contributed by atoms with van der Waals surface area (Å²) in [5.41, 5.74) is 4.00. The number of carbonyl (C=O) groups is 1. The summed E-state index contributed by atoms with van der Waals surface area (Å²) in [6.07, 6.45) is 4.02. The summed E-state index contributed by atoms with van der Waals surface area (Å²) in [5, 5.41) is 6.34. The molecule has 9 nitrogen and oxygen atoms in total. The van der Waals surface area contributed by atoms with E-state index in [-0.39, 0.29) is 5.91 Å². The maximum Gasteiger partial charge on any atom is 0.270 e. The Kier molecular flexibility index (Phi) is 7.80. The van der Waals surface area contributed by atoms with Gasteiger partial charge in [-0.05, 0) is 62.7 Å². The number of rotatable bonds is 9. The van der Waals surface area contributed by atoms with Gasteiger partial charge in [-0.3, -0.25) is 9.78 Å². The number of nitrogens with zero attached hydrogens (tertiary/aromatic N) is 4. The lowest BCUT2D eigenvalue weighted by atomic mass is 10.2. The van der Waals surface area contributed by atoms with E-state index in [4.69, 9.17) is 14.5 Å². The van der Waals surface area contributed by atoms with Crippen LogP contribution in [0.25, 0.3) is 11.0 Å². The van der Waals surface area contributed by atoms with Crippen LogP contribution in [0.5, 0.6) is 17.2 Å². The van der Waals surface area contributed by atoms with Gasteiger partial charge in [-0.1, -0.05) is 15.9 Å². The van der Waals surface area contributed by atoms with Crippen LogP contribution in [-0.2, 0) is 7.05 Å². The molecule has 1 amide bonds. The number of hydrogen-bond acceptors (Lipinski definition) is 7. The first kappa shape index (κ1) is 26.0. The fraction of sp³-hybridized carbons (Fsp3) is 0.321. The van der Waals surface area contributed by atoms with Crippen LogP contribution in [0.3, 0.4) is 0 Å². The summed E-state index contributed by atoms with van der Waals surface area (Å²) < 4.78 is 14.8. The van der Waals surface area contributed by atoms with Crippen LogP contribution in [0, 0.1) is 6.92 Å². The van der Waals surface area contributed by atoms with Crippen molar-refractivity contribution in [3.05, 3.63) is 64.4 Å². The van der Waals surface area contributed by atoms with Crippen molar-refractivity contribution >= 4 is 44.5 Å². The molecule has 3 heterocycles. The first-order chi connectivity index (χ1) is 18.4. The zero-order valence-electron chi connectivity index (χ0n) is 21.8. The van der Waals surface area contributed by atoms with Gasteiger partial charge in [0.2, 0.25) is 5.95 Å². The van der Waals surface area contributed by atoms with Crippen molar-refractivity contribution in [3.8, 4) is 17.2 Å². The lowest BCUT2D eigenvalue weighted by Crippen LogP contribution is -2.33. The second-order valence-corrected chi connectivity index (χ2v) is 10.2. The predicted molar refractivity (Wildman–Crippen MR) is 152 cm³/mol. The third kappa shape index (κ3) is 5.76. The Labute approximate surface area is 230 Å². The van der Waals surface area contributed by atoms with Gasteiger partial charge >= 0.3 is 0 Å². The second kappa shape index (κ2) is 11.4. The topological polar surface area (TPSA) is 93.5 Å². The Balaban J connectivity index is 1.33. The average Bonchev–Trinajstić information content (AvgIpc) is 3.54.